The molecule has 6 heteroatoms. The first-order chi connectivity index (χ1) is 35.5. The molecule has 0 aromatic rings. The van der Waals surface area contributed by atoms with Gasteiger partial charge in [0, 0.05) is 12.8 Å². The van der Waals surface area contributed by atoms with E-state index < -0.39 is 12.1 Å². The average Bonchev–Trinajstić information content (AvgIpc) is 3.38. The third kappa shape index (κ3) is 57.1. The molecule has 1 amide bonds. The minimum absolute atomic E-state index is 0.00179. The van der Waals surface area contributed by atoms with Crippen molar-refractivity contribution in [2.75, 3.05) is 13.2 Å². The standard InChI is InChI=1S/C66H123NO5/c1-3-5-7-9-11-13-15-16-17-34-37-40-44-48-52-56-60-66(71)72-61-57-53-49-45-41-38-35-32-30-28-26-24-22-20-18-19-21-23-25-27-29-31-33-36-39-43-47-51-55-59-65(70)67-63(62-68)64(69)58-54-50-46-42-14-12-10-8-6-4-2/h13,15,17-18,20,24,26,34,63-64,68-69H,3-12,14,16,19,21-23,25,27-33,35-62H2,1-2H3,(H,67,70)/b15-13-,20-18-,26-24-,34-17-. The molecule has 0 aromatic heterocycles. The summed E-state index contributed by atoms with van der Waals surface area (Å²) in [5, 5.41) is 23.2. The Hall–Kier alpha value is -2.18. The van der Waals surface area contributed by atoms with Crippen LogP contribution in [0.25, 0.3) is 0 Å². The molecule has 0 bridgehead atoms. The van der Waals surface area contributed by atoms with E-state index in [1.54, 1.807) is 0 Å². The molecule has 2 unspecified atom stereocenters. The van der Waals surface area contributed by atoms with Gasteiger partial charge in [0.1, 0.15) is 0 Å². The van der Waals surface area contributed by atoms with Gasteiger partial charge in [-0.3, -0.25) is 9.59 Å². The first-order valence-electron chi connectivity index (χ1n) is 31.9. The van der Waals surface area contributed by atoms with Gasteiger partial charge in [0.2, 0.25) is 5.91 Å². The van der Waals surface area contributed by atoms with Gasteiger partial charge in [0.05, 0.1) is 25.4 Å². The van der Waals surface area contributed by atoms with Gasteiger partial charge in [-0.15, -0.1) is 0 Å². The second-order valence-corrected chi connectivity index (χ2v) is 21.7. The molecule has 0 rings (SSSR count). The number of unbranched alkanes of at least 4 members (excludes halogenated alkanes) is 40. The van der Waals surface area contributed by atoms with Crippen LogP contribution in [0.15, 0.2) is 48.6 Å². The van der Waals surface area contributed by atoms with Crippen LogP contribution in [0.1, 0.15) is 335 Å². The summed E-state index contributed by atoms with van der Waals surface area (Å²) in [7, 11) is 0. The number of carbonyl (C=O) groups excluding carboxylic acids is 2. The third-order valence-electron chi connectivity index (χ3n) is 14.6. The number of aliphatic hydroxyl groups is 2. The van der Waals surface area contributed by atoms with Gasteiger partial charge in [-0.2, -0.15) is 0 Å². The van der Waals surface area contributed by atoms with E-state index in [2.05, 4.69) is 67.8 Å². The molecule has 3 N–H and O–H groups in total. The summed E-state index contributed by atoms with van der Waals surface area (Å²) in [4.78, 5) is 24.5. The molecule has 0 fully saturated rings. The highest BCUT2D eigenvalue weighted by Crippen LogP contribution is 2.17. The van der Waals surface area contributed by atoms with Crippen molar-refractivity contribution in [2.24, 2.45) is 0 Å². The predicted molar refractivity (Wildman–Crippen MR) is 315 cm³/mol. The van der Waals surface area contributed by atoms with Crippen molar-refractivity contribution in [2.45, 2.75) is 347 Å². The zero-order valence-corrected chi connectivity index (χ0v) is 48.2. The Labute approximate surface area is 448 Å². The van der Waals surface area contributed by atoms with Gasteiger partial charge >= 0.3 is 5.97 Å². The van der Waals surface area contributed by atoms with Crippen molar-refractivity contribution in [3.8, 4) is 0 Å². The fourth-order valence-corrected chi connectivity index (χ4v) is 9.70. The van der Waals surface area contributed by atoms with Crippen LogP contribution in [0.2, 0.25) is 0 Å². The SMILES string of the molecule is CCCCCC/C=C\C/C=C\CCCCCCCC(=O)OCCCCCCCCCCC/C=C\C/C=C\CCCCCCCCCCCCCCCC(=O)NC(CO)C(O)CCCCCCCCCCCC. The Kier molecular flexibility index (Phi) is 59.5. The van der Waals surface area contributed by atoms with Crippen molar-refractivity contribution in [3.05, 3.63) is 48.6 Å². The molecule has 0 aliphatic rings. The van der Waals surface area contributed by atoms with E-state index in [9.17, 15) is 19.8 Å². The highest BCUT2D eigenvalue weighted by atomic mass is 16.5. The molecule has 0 aliphatic carbocycles. The lowest BCUT2D eigenvalue weighted by Gasteiger charge is -2.22. The van der Waals surface area contributed by atoms with E-state index in [1.807, 2.05) is 0 Å². The van der Waals surface area contributed by atoms with E-state index in [-0.39, 0.29) is 18.5 Å². The number of hydrogen-bond donors (Lipinski definition) is 3. The highest BCUT2D eigenvalue weighted by Gasteiger charge is 2.20. The monoisotopic (exact) mass is 1010 g/mol. The summed E-state index contributed by atoms with van der Waals surface area (Å²) in [5.41, 5.74) is 0. The molecule has 0 aliphatic heterocycles. The topological polar surface area (TPSA) is 95.9 Å². The minimum atomic E-state index is -0.663. The lowest BCUT2D eigenvalue weighted by molar-refractivity contribution is -0.143. The summed E-state index contributed by atoms with van der Waals surface area (Å²) in [6, 6.07) is -0.541. The van der Waals surface area contributed by atoms with E-state index in [0.29, 0.717) is 25.9 Å². The van der Waals surface area contributed by atoms with E-state index >= 15 is 0 Å². The van der Waals surface area contributed by atoms with Crippen LogP contribution in [0.5, 0.6) is 0 Å². The largest absolute Gasteiger partial charge is 0.466 e. The quantitative estimate of drug-likeness (QED) is 0.0320. The highest BCUT2D eigenvalue weighted by molar-refractivity contribution is 5.76. The molecule has 0 radical (unpaired) electrons. The summed E-state index contributed by atoms with van der Waals surface area (Å²) in [6.45, 7) is 4.92. The fourth-order valence-electron chi connectivity index (χ4n) is 9.70. The molecule has 2 atom stereocenters. The van der Waals surface area contributed by atoms with Gasteiger partial charge < -0.3 is 20.3 Å². The number of rotatable bonds is 59. The Morgan fingerprint density at radius 3 is 1.07 bits per heavy atom. The summed E-state index contributed by atoms with van der Waals surface area (Å²) in [6.07, 6.45) is 78.5. The second kappa shape index (κ2) is 61.4. The number of esters is 1. The molecular weight excluding hydrogens is 887 g/mol. The lowest BCUT2D eigenvalue weighted by Crippen LogP contribution is -2.45. The van der Waals surface area contributed by atoms with Crippen molar-refractivity contribution >= 4 is 11.9 Å². The minimum Gasteiger partial charge on any atom is -0.466 e. The van der Waals surface area contributed by atoms with Gasteiger partial charge in [0.15, 0.2) is 0 Å². The van der Waals surface area contributed by atoms with Crippen molar-refractivity contribution in [1.82, 2.24) is 5.32 Å². The second-order valence-electron chi connectivity index (χ2n) is 21.7. The maximum atomic E-state index is 12.4. The van der Waals surface area contributed by atoms with Crippen LogP contribution in [-0.2, 0) is 14.3 Å². The first kappa shape index (κ1) is 69.8. The van der Waals surface area contributed by atoms with Crippen LogP contribution >= 0.6 is 0 Å². The number of allylic oxidation sites excluding steroid dienone is 8. The van der Waals surface area contributed by atoms with E-state index in [4.69, 9.17) is 4.74 Å². The molecule has 0 spiro atoms. The summed E-state index contributed by atoms with van der Waals surface area (Å²) >= 11 is 0. The number of aliphatic hydroxyl groups excluding tert-OH is 2. The van der Waals surface area contributed by atoms with Crippen molar-refractivity contribution < 1.29 is 24.5 Å². The van der Waals surface area contributed by atoms with Crippen LogP contribution in [0.4, 0.5) is 0 Å². The molecule has 0 saturated heterocycles. The summed E-state index contributed by atoms with van der Waals surface area (Å²) in [5.74, 6) is -0.0392. The van der Waals surface area contributed by atoms with Gasteiger partial charge in [-0.05, 0) is 89.9 Å². The molecule has 6 nitrogen and oxygen atoms in total. The molecule has 0 heterocycles. The van der Waals surface area contributed by atoms with Crippen LogP contribution in [0, 0.1) is 0 Å². The average molecular weight is 1010 g/mol. The Balaban J connectivity index is 3.39. The molecule has 72 heavy (non-hydrogen) atoms. The zero-order chi connectivity index (χ0) is 52.2. The molecule has 422 valence electrons. The number of amides is 1. The van der Waals surface area contributed by atoms with E-state index in [1.165, 1.54) is 244 Å². The van der Waals surface area contributed by atoms with E-state index in [0.717, 1.165) is 57.8 Å². The third-order valence-corrected chi connectivity index (χ3v) is 14.6. The van der Waals surface area contributed by atoms with Crippen molar-refractivity contribution in [3.63, 3.8) is 0 Å². The first-order valence-corrected chi connectivity index (χ1v) is 31.9. The zero-order valence-electron chi connectivity index (χ0n) is 48.2. The lowest BCUT2D eigenvalue weighted by atomic mass is 10.0. The van der Waals surface area contributed by atoms with Crippen LogP contribution in [0.3, 0.4) is 0 Å². The summed E-state index contributed by atoms with van der Waals surface area (Å²) < 4.78 is 5.48. The number of ether oxygens (including phenoxy) is 1. The van der Waals surface area contributed by atoms with Crippen molar-refractivity contribution in [1.29, 1.82) is 0 Å². The van der Waals surface area contributed by atoms with Crippen LogP contribution < -0.4 is 5.32 Å². The number of nitrogens with one attached hydrogen (secondary N) is 1. The maximum Gasteiger partial charge on any atom is 0.305 e. The predicted octanol–water partition coefficient (Wildman–Crippen LogP) is 20.1. The normalized spacial score (nSPS) is 12.9. The molecule has 0 aromatic carbocycles. The van der Waals surface area contributed by atoms with Gasteiger partial charge in [-0.25, -0.2) is 0 Å². The molecule has 0 saturated carbocycles. The smallest absolute Gasteiger partial charge is 0.305 e. The molecular formula is C66H123NO5. The fraction of sp³-hybridized carbons (Fsp3) is 0.848. The Morgan fingerprint density at radius 2 is 0.694 bits per heavy atom. The van der Waals surface area contributed by atoms with Crippen LogP contribution in [-0.4, -0.2) is 47.4 Å². The Morgan fingerprint density at radius 1 is 0.389 bits per heavy atom. The van der Waals surface area contributed by atoms with Gasteiger partial charge in [0.25, 0.3) is 0 Å². The Bertz CT molecular complexity index is 1210. The maximum absolute atomic E-state index is 12.4. The number of carbonyl (C=O) groups is 2. The van der Waals surface area contributed by atoms with Gasteiger partial charge in [-0.1, -0.05) is 281 Å². The number of hydrogen-bond acceptors (Lipinski definition) is 5.